The van der Waals surface area contributed by atoms with Crippen molar-refractivity contribution in [3.63, 3.8) is 0 Å². The molecule has 1 aliphatic heterocycles. The molecule has 1 saturated heterocycles. The lowest BCUT2D eigenvalue weighted by molar-refractivity contribution is -0.711. The van der Waals surface area contributed by atoms with E-state index in [4.69, 9.17) is 5.21 Å². The Hall–Kier alpha value is -1.00. The van der Waals surface area contributed by atoms with Crippen molar-refractivity contribution in [3.8, 4) is 0 Å². The van der Waals surface area contributed by atoms with Crippen LogP contribution in [-0.2, 0) is 0 Å². The number of rotatable bonds is 1. The molecular formula is C5H11N3O2. The third kappa shape index (κ3) is 1.49. The number of nitrogens with zero attached hydrogens (tertiary/aromatic N) is 3. The van der Waals surface area contributed by atoms with Crippen LogP contribution < -0.4 is 0 Å². The fourth-order valence-corrected chi connectivity index (χ4v) is 1.10. The van der Waals surface area contributed by atoms with E-state index < -0.39 is 0 Å². The van der Waals surface area contributed by atoms with E-state index in [1.54, 1.807) is 0 Å². The second kappa shape index (κ2) is 3.24. The van der Waals surface area contributed by atoms with Crippen molar-refractivity contribution in [1.82, 2.24) is 5.01 Å². The first kappa shape index (κ1) is 7.11. The van der Waals surface area contributed by atoms with Crippen LogP contribution in [0.5, 0.6) is 0 Å². The summed E-state index contributed by atoms with van der Waals surface area (Å²) in [7, 11) is 0. The van der Waals surface area contributed by atoms with E-state index in [0.717, 1.165) is 19.3 Å². The Labute approximate surface area is 59.1 Å². The van der Waals surface area contributed by atoms with Crippen molar-refractivity contribution in [2.75, 3.05) is 13.1 Å². The maximum absolute atomic E-state index is 10.6. The van der Waals surface area contributed by atoms with E-state index in [1.165, 1.54) is 5.01 Å². The Bertz CT molecular complexity index is 131. The fraction of sp³-hybridized carbons (Fsp3) is 1.00. The number of piperidine rings is 1. The molecule has 0 unspecified atom stereocenters. The fourth-order valence-electron chi connectivity index (χ4n) is 1.10. The molecule has 10 heavy (non-hydrogen) atoms. The van der Waals surface area contributed by atoms with Gasteiger partial charge in [-0.05, 0) is 19.3 Å². The van der Waals surface area contributed by atoms with Crippen LogP contribution in [0.2, 0.25) is 0 Å². The van der Waals surface area contributed by atoms with Crippen LogP contribution in [0.15, 0.2) is 5.28 Å². The number of hydrazine groups is 1. The zero-order valence-corrected chi connectivity index (χ0v) is 5.73. The molecule has 0 aromatic heterocycles. The molecule has 1 N–H and O–H groups in total. The minimum Gasteiger partial charge on any atom is -0.569 e. The van der Waals surface area contributed by atoms with Crippen LogP contribution in [0, 0.1) is 5.21 Å². The molecular weight excluding hydrogens is 134 g/mol. The largest absolute Gasteiger partial charge is 0.569 e. The molecule has 0 amide bonds. The molecule has 0 spiro atoms. The topological polar surface area (TPSA) is 61.9 Å². The van der Waals surface area contributed by atoms with Gasteiger partial charge in [0.2, 0.25) is 5.28 Å². The maximum atomic E-state index is 10.6. The molecule has 0 atom stereocenters. The summed E-state index contributed by atoms with van der Waals surface area (Å²) in [5, 5.41) is 22.7. The van der Waals surface area contributed by atoms with E-state index in [0.29, 0.717) is 13.1 Å². The predicted octanol–water partition coefficient (Wildman–Crippen LogP) is 0.739. The van der Waals surface area contributed by atoms with Crippen LogP contribution >= 0.6 is 0 Å². The molecule has 1 aliphatic rings. The molecule has 5 nitrogen and oxygen atoms in total. The summed E-state index contributed by atoms with van der Waals surface area (Å²) in [4.78, 5) is 0.249. The van der Waals surface area contributed by atoms with Crippen molar-refractivity contribution < 1.29 is 10.2 Å². The highest BCUT2D eigenvalue weighted by molar-refractivity contribution is 4.54. The molecule has 5 heteroatoms. The van der Waals surface area contributed by atoms with Gasteiger partial charge in [-0.25, -0.2) is 0 Å². The lowest BCUT2D eigenvalue weighted by Gasteiger charge is -2.21. The van der Waals surface area contributed by atoms with Gasteiger partial charge < -0.3 is 10.4 Å². The molecule has 1 heterocycles. The van der Waals surface area contributed by atoms with Crippen LogP contribution in [0.1, 0.15) is 19.3 Å². The van der Waals surface area contributed by atoms with Gasteiger partial charge in [-0.3, -0.25) is 0 Å². The average molecular weight is 145 g/mol. The van der Waals surface area contributed by atoms with Gasteiger partial charge in [0.25, 0.3) is 0 Å². The van der Waals surface area contributed by atoms with E-state index in [1.807, 2.05) is 0 Å². The summed E-state index contributed by atoms with van der Waals surface area (Å²) < 4.78 is 0. The minimum atomic E-state index is 0.249. The molecule has 0 aromatic carbocycles. The summed E-state index contributed by atoms with van der Waals surface area (Å²) in [5.41, 5.74) is 0. The third-order valence-electron chi connectivity index (χ3n) is 1.65. The monoisotopic (exact) mass is 145 g/mol. The molecule has 1 rings (SSSR count). The normalized spacial score (nSPS) is 21.2. The molecule has 0 aliphatic carbocycles. The molecule has 58 valence electrons. The van der Waals surface area contributed by atoms with Crippen molar-refractivity contribution in [2.24, 2.45) is 5.28 Å². The Balaban J connectivity index is 2.39. The summed E-state index contributed by atoms with van der Waals surface area (Å²) in [6, 6.07) is 0. The molecule has 0 saturated carbocycles. The Kier molecular flexibility index (Phi) is 2.30. The van der Waals surface area contributed by atoms with Gasteiger partial charge in [0.05, 0.1) is 18.1 Å². The lowest BCUT2D eigenvalue weighted by atomic mass is 10.2. The quantitative estimate of drug-likeness (QED) is 0.336. The second-order valence-corrected chi connectivity index (χ2v) is 2.36. The Morgan fingerprint density at radius 1 is 1.30 bits per heavy atom. The van der Waals surface area contributed by atoms with E-state index in [-0.39, 0.29) is 4.97 Å². The SMILES string of the molecule is [O-][N+](=NO)N1CCCCC1. The minimum absolute atomic E-state index is 0.249. The van der Waals surface area contributed by atoms with E-state index in [2.05, 4.69) is 5.28 Å². The van der Waals surface area contributed by atoms with Crippen LogP contribution in [-0.4, -0.2) is 28.3 Å². The molecule has 0 aromatic rings. The smallest absolute Gasteiger partial charge is 0.230 e. The Morgan fingerprint density at radius 3 is 2.40 bits per heavy atom. The molecule has 1 fully saturated rings. The van der Waals surface area contributed by atoms with Crippen molar-refractivity contribution in [3.05, 3.63) is 5.21 Å². The second-order valence-electron chi connectivity index (χ2n) is 2.36. The van der Waals surface area contributed by atoms with Gasteiger partial charge in [0.15, 0.2) is 0 Å². The average Bonchev–Trinajstić information content (AvgIpc) is 2.05. The van der Waals surface area contributed by atoms with Crippen LogP contribution in [0.25, 0.3) is 0 Å². The van der Waals surface area contributed by atoms with Gasteiger partial charge in [-0.1, -0.05) is 0 Å². The summed E-state index contributed by atoms with van der Waals surface area (Å²) in [6.07, 6.45) is 3.18. The molecule has 0 radical (unpaired) electrons. The highest BCUT2D eigenvalue weighted by Crippen LogP contribution is 2.07. The van der Waals surface area contributed by atoms with E-state index in [9.17, 15) is 5.21 Å². The molecule has 0 bridgehead atoms. The third-order valence-corrected chi connectivity index (χ3v) is 1.65. The maximum Gasteiger partial charge on any atom is 0.230 e. The van der Waals surface area contributed by atoms with Crippen LogP contribution in [0.3, 0.4) is 0 Å². The first-order chi connectivity index (χ1) is 4.84. The van der Waals surface area contributed by atoms with Crippen molar-refractivity contribution >= 4 is 0 Å². The summed E-state index contributed by atoms with van der Waals surface area (Å²) >= 11 is 0. The van der Waals surface area contributed by atoms with Gasteiger partial charge >= 0.3 is 0 Å². The van der Waals surface area contributed by atoms with Crippen molar-refractivity contribution in [1.29, 1.82) is 0 Å². The summed E-state index contributed by atoms with van der Waals surface area (Å²) in [6.45, 7) is 1.40. The zero-order valence-electron chi connectivity index (χ0n) is 5.73. The van der Waals surface area contributed by atoms with Gasteiger partial charge in [0.1, 0.15) is 0 Å². The summed E-state index contributed by atoms with van der Waals surface area (Å²) in [5.74, 6) is 0. The van der Waals surface area contributed by atoms with Crippen LogP contribution in [0.4, 0.5) is 0 Å². The van der Waals surface area contributed by atoms with Gasteiger partial charge in [-0.2, -0.15) is 0 Å². The zero-order chi connectivity index (χ0) is 7.40. The van der Waals surface area contributed by atoms with Crippen molar-refractivity contribution in [2.45, 2.75) is 19.3 Å². The standard InChI is InChI=1S/C5H11N3O2/c9-6-8(10)7-4-2-1-3-5-7/h9H,1-5H2. The highest BCUT2D eigenvalue weighted by atomic mass is 16.6. The van der Waals surface area contributed by atoms with E-state index >= 15 is 0 Å². The van der Waals surface area contributed by atoms with Gasteiger partial charge in [0, 0.05) is 0 Å². The Morgan fingerprint density at radius 2 is 1.90 bits per heavy atom. The van der Waals surface area contributed by atoms with Gasteiger partial charge in [-0.15, -0.1) is 5.01 Å². The number of hydrogen-bond acceptors (Lipinski definition) is 2. The number of hydrogen-bond donors (Lipinski definition) is 1. The lowest BCUT2D eigenvalue weighted by Crippen LogP contribution is -2.35. The first-order valence-electron chi connectivity index (χ1n) is 3.42. The highest BCUT2D eigenvalue weighted by Gasteiger charge is 2.15. The first-order valence-corrected chi connectivity index (χ1v) is 3.42. The predicted molar refractivity (Wildman–Crippen MR) is 33.3 cm³/mol.